The summed E-state index contributed by atoms with van der Waals surface area (Å²) in [6.45, 7) is 1.93. The number of halogens is 3. The first-order chi connectivity index (χ1) is 7.30. The van der Waals surface area contributed by atoms with Crippen LogP contribution >= 0.6 is 0 Å². The quantitative estimate of drug-likeness (QED) is 0.745. The van der Waals surface area contributed by atoms with Gasteiger partial charge in [-0.1, -0.05) is 0 Å². The molecular weight excluding hydrogens is 225 g/mol. The number of rotatable bonds is 2. The normalized spacial score (nSPS) is 23.5. The fourth-order valence-corrected chi connectivity index (χ4v) is 1.73. The summed E-state index contributed by atoms with van der Waals surface area (Å²) < 4.78 is 38.5. The van der Waals surface area contributed by atoms with Crippen molar-refractivity contribution in [2.24, 2.45) is 0 Å². The van der Waals surface area contributed by atoms with Crippen LogP contribution in [-0.2, 0) is 4.79 Å². The van der Waals surface area contributed by atoms with Gasteiger partial charge in [-0.05, 0) is 19.9 Å². The first-order valence-corrected chi connectivity index (χ1v) is 5.06. The smallest absolute Gasteiger partial charge is 0.417 e. The van der Waals surface area contributed by atoms with Crippen molar-refractivity contribution < 1.29 is 23.1 Å². The van der Waals surface area contributed by atoms with E-state index in [0.29, 0.717) is 19.5 Å². The number of hydrogen-bond donors (Lipinski definition) is 2. The second-order valence-corrected chi connectivity index (χ2v) is 3.97. The first-order valence-electron chi connectivity index (χ1n) is 5.06. The zero-order valence-corrected chi connectivity index (χ0v) is 8.97. The van der Waals surface area contributed by atoms with Gasteiger partial charge in [-0.25, -0.2) is 4.79 Å². The fraction of sp³-hybridized carbons (Fsp3) is 0.889. The summed E-state index contributed by atoms with van der Waals surface area (Å²) in [6.07, 6.45) is -4.26. The highest BCUT2D eigenvalue weighted by Gasteiger charge is 2.60. The highest BCUT2D eigenvalue weighted by molar-refractivity contribution is 5.79. The van der Waals surface area contributed by atoms with E-state index in [1.54, 1.807) is 0 Å². The Morgan fingerprint density at radius 2 is 1.94 bits per heavy atom. The Labute approximate surface area is 91.4 Å². The molecule has 1 fully saturated rings. The lowest BCUT2D eigenvalue weighted by Gasteiger charge is -2.38. The molecule has 94 valence electrons. The summed E-state index contributed by atoms with van der Waals surface area (Å²) in [4.78, 5) is 11.9. The molecule has 16 heavy (non-hydrogen) atoms. The van der Waals surface area contributed by atoms with Crippen LogP contribution in [0, 0.1) is 0 Å². The SMILES string of the molecule is CC(C(=O)O)(N1CCCNCC1)C(F)(F)F. The highest BCUT2D eigenvalue weighted by atomic mass is 19.4. The van der Waals surface area contributed by atoms with Crippen LogP contribution in [0.1, 0.15) is 13.3 Å². The molecule has 1 aliphatic rings. The predicted molar refractivity (Wildman–Crippen MR) is 51.2 cm³/mol. The molecule has 1 atom stereocenters. The van der Waals surface area contributed by atoms with Gasteiger partial charge in [0.25, 0.3) is 0 Å². The summed E-state index contributed by atoms with van der Waals surface area (Å²) in [5, 5.41) is 11.8. The van der Waals surface area contributed by atoms with Crippen molar-refractivity contribution in [2.45, 2.75) is 25.1 Å². The van der Waals surface area contributed by atoms with Gasteiger partial charge < -0.3 is 10.4 Å². The van der Waals surface area contributed by atoms with Gasteiger partial charge in [-0.15, -0.1) is 0 Å². The van der Waals surface area contributed by atoms with Crippen LogP contribution in [0.25, 0.3) is 0 Å². The Balaban J connectivity index is 2.96. The summed E-state index contributed by atoms with van der Waals surface area (Å²) in [7, 11) is 0. The number of carbonyl (C=O) groups is 1. The number of nitrogens with zero attached hydrogens (tertiary/aromatic N) is 1. The van der Waals surface area contributed by atoms with Crippen LogP contribution in [-0.4, -0.2) is 53.9 Å². The van der Waals surface area contributed by atoms with Gasteiger partial charge in [0, 0.05) is 19.6 Å². The monoisotopic (exact) mass is 240 g/mol. The van der Waals surface area contributed by atoms with E-state index < -0.39 is 17.7 Å². The van der Waals surface area contributed by atoms with Gasteiger partial charge in [-0.2, -0.15) is 13.2 Å². The molecule has 0 aromatic carbocycles. The summed E-state index contributed by atoms with van der Waals surface area (Å²) in [5.41, 5.74) is -2.79. The molecule has 0 amide bonds. The van der Waals surface area contributed by atoms with Crippen molar-refractivity contribution in [2.75, 3.05) is 26.2 Å². The molecule has 4 nitrogen and oxygen atoms in total. The molecule has 7 heteroatoms. The van der Waals surface area contributed by atoms with Crippen LogP contribution in [0.5, 0.6) is 0 Å². The van der Waals surface area contributed by atoms with Crippen molar-refractivity contribution in [1.29, 1.82) is 0 Å². The third-order valence-electron chi connectivity index (χ3n) is 2.94. The van der Waals surface area contributed by atoms with E-state index >= 15 is 0 Å². The topological polar surface area (TPSA) is 52.6 Å². The maximum absolute atomic E-state index is 12.8. The summed E-state index contributed by atoms with van der Waals surface area (Å²) in [6, 6.07) is 0. The molecule has 0 spiro atoms. The molecule has 0 aromatic heterocycles. The number of hydrogen-bond acceptors (Lipinski definition) is 3. The van der Waals surface area contributed by atoms with Gasteiger partial charge in [0.2, 0.25) is 5.54 Å². The molecule has 0 aliphatic carbocycles. The molecule has 1 rings (SSSR count). The van der Waals surface area contributed by atoms with Gasteiger partial charge in [0.1, 0.15) is 0 Å². The van der Waals surface area contributed by atoms with Crippen LogP contribution in [0.3, 0.4) is 0 Å². The lowest BCUT2D eigenvalue weighted by atomic mass is 9.99. The van der Waals surface area contributed by atoms with E-state index in [1.807, 2.05) is 0 Å². The number of alkyl halides is 3. The van der Waals surface area contributed by atoms with Crippen molar-refractivity contribution in [3.63, 3.8) is 0 Å². The molecule has 0 bridgehead atoms. The predicted octanol–water partition coefficient (Wildman–Crippen LogP) is 0.687. The molecule has 0 radical (unpaired) electrons. The molecule has 1 heterocycles. The van der Waals surface area contributed by atoms with Gasteiger partial charge in [0.05, 0.1) is 0 Å². The van der Waals surface area contributed by atoms with Crippen LogP contribution < -0.4 is 5.32 Å². The molecule has 1 saturated heterocycles. The lowest BCUT2D eigenvalue weighted by molar-refractivity contribution is -0.232. The van der Waals surface area contributed by atoms with Crippen LogP contribution in [0.15, 0.2) is 0 Å². The Morgan fingerprint density at radius 1 is 1.31 bits per heavy atom. The maximum Gasteiger partial charge on any atom is 0.417 e. The average molecular weight is 240 g/mol. The van der Waals surface area contributed by atoms with E-state index in [2.05, 4.69) is 5.32 Å². The Bertz CT molecular complexity index is 262. The number of carboxylic acid groups (broad SMARTS) is 1. The molecule has 2 N–H and O–H groups in total. The minimum absolute atomic E-state index is 0.0856. The molecule has 1 unspecified atom stereocenters. The van der Waals surface area contributed by atoms with E-state index in [0.717, 1.165) is 11.8 Å². The first kappa shape index (κ1) is 13.2. The zero-order chi connectivity index (χ0) is 12.4. The third-order valence-corrected chi connectivity index (χ3v) is 2.94. The number of nitrogens with one attached hydrogen (secondary N) is 1. The largest absolute Gasteiger partial charge is 0.480 e. The van der Waals surface area contributed by atoms with Crippen LogP contribution in [0.2, 0.25) is 0 Å². The number of carboxylic acids is 1. The minimum atomic E-state index is -4.77. The van der Waals surface area contributed by atoms with Crippen LogP contribution in [0.4, 0.5) is 13.2 Å². The van der Waals surface area contributed by atoms with Crippen molar-refractivity contribution in [1.82, 2.24) is 10.2 Å². The Morgan fingerprint density at radius 3 is 2.44 bits per heavy atom. The average Bonchev–Trinajstić information content (AvgIpc) is 2.42. The van der Waals surface area contributed by atoms with Gasteiger partial charge in [-0.3, -0.25) is 4.90 Å². The fourth-order valence-electron chi connectivity index (χ4n) is 1.73. The second-order valence-electron chi connectivity index (χ2n) is 3.97. The summed E-state index contributed by atoms with van der Waals surface area (Å²) >= 11 is 0. The van der Waals surface area contributed by atoms with E-state index in [4.69, 9.17) is 5.11 Å². The molecule has 0 saturated carbocycles. The summed E-state index contributed by atoms with van der Waals surface area (Å²) in [5.74, 6) is -1.85. The molecule has 1 aliphatic heterocycles. The Kier molecular flexibility index (Phi) is 3.80. The molecule has 0 aromatic rings. The van der Waals surface area contributed by atoms with Gasteiger partial charge >= 0.3 is 12.1 Å². The lowest BCUT2D eigenvalue weighted by Crippen LogP contribution is -2.62. The Hall–Kier alpha value is -0.820. The standard InChI is InChI=1S/C9H15F3N2O2/c1-8(7(15)16,9(10,11)12)14-5-2-3-13-4-6-14/h13H,2-6H2,1H3,(H,15,16). The van der Waals surface area contributed by atoms with Crippen molar-refractivity contribution in [3.05, 3.63) is 0 Å². The maximum atomic E-state index is 12.8. The van der Waals surface area contributed by atoms with Crippen molar-refractivity contribution >= 4 is 5.97 Å². The van der Waals surface area contributed by atoms with E-state index in [-0.39, 0.29) is 13.1 Å². The van der Waals surface area contributed by atoms with Gasteiger partial charge in [0.15, 0.2) is 0 Å². The second kappa shape index (κ2) is 4.58. The number of aliphatic carboxylic acids is 1. The highest BCUT2D eigenvalue weighted by Crippen LogP contribution is 2.35. The minimum Gasteiger partial charge on any atom is -0.480 e. The third kappa shape index (κ3) is 2.30. The van der Waals surface area contributed by atoms with E-state index in [9.17, 15) is 18.0 Å². The van der Waals surface area contributed by atoms with Crippen molar-refractivity contribution in [3.8, 4) is 0 Å². The molecular formula is C9H15F3N2O2. The van der Waals surface area contributed by atoms with E-state index in [1.165, 1.54) is 0 Å². The zero-order valence-electron chi connectivity index (χ0n) is 8.97.